The van der Waals surface area contributed by atoms with E-state index in [1.165, 1.54) is 0 Å². The minimum atomic E-state index is -0.179. The van der Waals surface area contributed by atoms with Gasteiger partial charge in [0.15, 0.2) is 5.78 Å². The molecule has 2 aromatic heterocycles. The summed E-state index contributed by atoms with van der Waals surface area (Å²) in [4.78, 5) is 20.4. The van der Waals surface area contributed by atoms with E-state index in [4.69, 9.17) is 16.3 Å². The number of benzene rings is 2. The van der Waals surface area contributed by atoms with Crippen LogP contribution in [0.4, 0.5) is 5.69 Å². The molecular weight excluding hydrogens is 362 g/mol. The van der Waals surface area contributed by atoms with Crippen molar-refractivity contribution in [3.05, 3.63) is 83.1 Å². The van der Waals surface area contributed by atoms with Crippen molar-refractivity contribution in [1.82, 2.24) is 9.97 Å². The number of pyridine rings is 1. The summed E-state index contributed by atoms with van der Waals surface area (Å²) < 4.78 is 5.77. The summed E-state index contributed by atoms with van der Waals surface area (Å²) in [6.45, 7) is 0. The minimum Gasteiger partial charge on any atom is -0.457 e. The van der Waals surface area contributed by atoms with Crippen molar-refractivity contribution in [2.45, 2.75) is 0 Å². The first kappa shape index (κ1) is 17.1. The van der Waals surface area contributed by atoms with Gasteiger partial charge >= 0.3 is 0 Å². The van der Waals surface area contributed by atoms with Crippen LogP contribution in [0.5, 0.6) is 11.5 Å². The summed E-state index contributed by atoms with van der Waals surface area (Å²) in [6.07, 6.45) is 3.34. The van der Waals surface area contributed by atoms with Crippen LogP contribution < -0.4 is 10.1 Å². The molecule has 2 N–H and O–H groups in total. The van der Waals surface area contributed by atoms with Gasteiger partial charge in [-0.2, -0.15) is 0 Å². The van der Waals surface area contributed by atoms with E-state index in [-0.39, 0.29) is 5.78 Å². The number of rotatable bonds is 5. The zero-order valence-electron chi connectivity index (χ0n) is 14.5. The Bertz CT molecular complexity index is 1120. The van der Waals surface area contributed by atoms with Gasteiger partial charge in [0.1, 0.15) is 17.1 Å². The summed E-state index contributed by atoms with van der Waals surface area (Å²) in [5, 5.41) is 4.16. The zero-order valence-corrected chi connectivity index (χ0v) is 15.2. The van der Waals surface area contributed by atoms with E-state index in [1.807, 2.05) is 36.4 Å². The highest BCUT2D eigenvalue weighted by molar-refractivity contribution is 6.35. The normalized spacial score (nSPS) is 10.7. The molecule has 134 valence electrons. The number of hydrogen-bond acceptors (Lipinski definition) is 4. The number of ketones is 1. The first-order chi connectivity index (χ1) is 13.2. The number of anilines is 1. The number of H-pyrrole nitrogens is 1. The molecule has 5 nitrogen and oxygen atoms in total. The molecule has 0 fully saturated rings. The molecule has 0 bridgehead atoms. The van der Waals surface area contributed by atoms with E-state index >= 15 is 0 Å². The Morgan fingerprint density at radius 2 is 1.89 bits per heavy atom. The lowest BCUT2D eigenvalue weighted by Crippen LogP contribution is -2.03. The van der Waals surface area contributed by atoms with Gasteiger partial charge in [-0.25, -0.2) is 4.98 Å². The molecule has 0 unspecified atom stereocenters. The fourth-order valence-corrected chi connectivity index (χ4v) is 3.21. The van der Waals surface area contributed by atoms with Gasteiger partial charge in [0, 0.05) is 36.8 Å². The highest BCUT2D eigenvalue weighted by atomic mass is 35.5. The molecule has 27 heavy (non-hydrogen) atoms. The molecule has 2 heterocycles. The van der Waals surface area contributed by atoms with E-state index in [0.29, 0.717) is 33.3 Å². The fourth-order valence-electron chi connectivity index (χ4n) is 2.96. The maximum atomic E-state index is 13.1. The van der Waals surface area contributed by atoms with Crippen LogP contribution in [0.1, 0.15) is 15.9 Å². The van der Waals surface area contributed by atoms with Crippen LogP contribution in [-0.2, 0) is 0 Å². The average molecular weight is 378 g/mol. The van der Waals surface area contributed by atoms with Crippen LogP contribution in [0.3, 0.4) is 0 Å². The summed E-state index contributed by atoms with van der Waals surface area (Å²) in [6, 6.07) is 16.3. The predicted octanol–water partition coefficient (Wildman–Crippen LogP) is 5.28. The Hall–Kier alpha value is -3.31. The molecule has 0 aliphatic heterocycles. The lowest BCUT2D eigenvalue weighted by atomic mass is 10.0. The van der Waals surface area contributed by atoms with Crippen molar-refractivity contribution in [2.75, 3.05) is 12.4 Å². The van der Waals surface area contributed by atoms with E-state index in [0.717, 1.165) is 11.1 Å². The maximum absolute atomic E-state index is 13.1. The minimum absolute atomic E-state index is 0.179. The van der Waals surface area contributed by atoms with Crippen molar-refractivity contribution < 1.29 is 9.53 Å². The van der Waals surface area contributed by atoms with E-state index < -0.39 is 0 Å². The van der Waals surface area contributed by atoms with Crippen molar-refractivity contribution in [2.24, 2.45) is 0 Å². The van der Waals surface area contributed by atoms with Crippen LogP contribution in [0, 0.1) is 0 Å². The van der Waals surface area contributed by atoms with E-state index in [2.05, 4.69) is 15.3 Å². The van der Waals surface area contributed by atoms with Gasteiger partial charge in [-0.15, -0.1) is 0 Å². The SMILES string of the molecule is CNc1ccnc2[nH]cc(C(=O)c3ccc(Oc4ccccc4)cc3Cl)c12. The smallest absolute Gasteiger partial charge is 0.196 e. The number of nitrogens with zero attached hydrogens (tertiary/aromatic N) is 1. The third-order valence-electron chi connectivity index (χ3n) is 4.25. The van der Waals surface area contributed by atoms with Crippen molar-refractivity contribution in [3.63, 3.8) is 0 Å². The van der Waals surface area contributed by atoms with Crippen molar-refractivity contribution in [1.29, 1.82) is 0 Å². The Balaban J connectivity index is 1.69. The Morgan fingerprint density at radius 1 is 1.07 bits per heavy atom. The van der Waals surface area contributed by atoms with Gasteiger partial charge in [0.25, 0.3) is 0 Å². The number of carbonyl (C=O) groups excluding carboxylic acids is 1. The number of nitrogens with one attached hydrogen (secondary N) is 2. The number of carbonyl (C=O) groups is 1. The van der Waals surface area contributed by atoms with Crippen molar-refractivity contribution in [3.8, 4) is 11.5 Å². The summed E-state index contributed by atoms with van der Waals surface area (Å²) >= 11 is 6.39. The second-order valence-electron chi connectivity index (χ2n) is 5.92. The molecule has 0 radical (unpaired) electrons. The summed E-state index contributed by atoms with van der Waals surface area (Å²) in [5.74, 6) is 1.09. The third-order valence-corrected chi connectivity index (χ3v) is 4.56. The second-order valence-corrected chi connectivity index (χ2v) is 6.33. The molecule has 2 aromatic carbocycles. The van der Waals surface area contributed by atoms with Crippen LogP contribution in [0.2, 0.25) is 5.02 Å². The Labute approximate surface area is 161 Å². The maximum Gasteiger partial charge on any atom is 0.196 e. The zero-order chi connectivity index (χ0) is 18.8. The fraction of sp³-hybridized carbons (Fsp3) is 0.0476. The highest BCUT2D eigenvalue weighted by Crippen LogP contribution is 2.31. The van der Waals surface area contributed by atoms with Crippen LogP contribution in [0.15, 0.2) is 67.0 Å². The molecular formula is C21H16ClN3O2. The van der Waals surface area contributed by atoms with Gasteiger partial charge in [0.2, 0.25) is 0 Å². The van der Waals surface area contributed by atoms with Gasteiger partial charge in [-0.05, 0) is 30.3 Å². The van der Waals surface area contributed by atoms with E-state index in [9.17, 15) is 4.79 Å². The molecule has 6 heteroatoms. The monoisotopic (exact) mass is 377 g/mol. The predicted molar refractivity (Wildman–Crippen MR) is 107 cm³/mol. The van der Waals surface area contributed by atoms with Crippen molar-refractivity contribution >= 4 is 34.1 Å². The van der Waals surface area contributed by atoms with Gasteiger partial charge in [0.05, 0.1) is 16.0 Å². The lowest BCUT2D eigenvalue weighted by Gasteiger charge is -2.09. The largest absolute Gasteiger partial charge is 0.457 e. The van der Waals surface area contributed by atoms with Gasteiger partial charge < -0.3 is 15.0 Å². The van der Waals surface area contributed by atoms with Crippen LogP contribution in [0.25, 0.3) is 11.0 Å². The number of ether oxygens (including phenoxy) is 1. The third kappa shape index (κ3) is 3.25. The molecule has 0 saturated heterocycles. The second kappa shape index (κ2) is 7.13. The van der Waals surface area contributed by atoms with Gasteiger partial charge in [-0.1, -0.05) is 29.8 Å². The molecule has 0 saturated carbocycles. The Morgan fingerprint density at radius 3 is 2.63 bits per heavy atom. The molecule has 4 aromatic rings. The molecule has 0 amide bonds. The van der Waals surface area contributed by atoms with Gasteiger partial charge in [-0.3, -0.25) is 4.79 Å². The molecule has 0 aliphatic rings. The molecule has 4 rings (SSSR count). The summed E-state index contributed by atoms with van der Waals surface area (Å²) in [5.41, 5.74) is 2.39. The first-order valence-corrected chi connectivity index (χ1v) is 8.76. The number of halogens is 1. The van der Waals surface area contributed by atoms with E-state index in [1.54, 1.807) is 37.6 Å². The quantitative estimate of drug-likeness (QED) is 0.464. The van der Waals surface area contributed by atoms with Crippen LogP contribution in [-0.4, -0.2) is 22.8 Å². The van der Waals surface area contributed by atoms with Crippen LogP contribution >= 0.6 is 11.6 Å². The summed E-state index contributed by atoms with van der Waals surface area (Å²) in [7, 11) is 1.80. The topological polar surface area (TPSA) is 67.0 Å². The number of aromatic nitrogens is 2. The number of para-hydroxylation sites is 1. The lowest BCUT2D eigenvalue weighted by molar-refractivity contribution is 0.104. The highest BCUT2D eigenvalue weighted by Gasteiger charge is 2.19. The molecule has 0 atom stereocenters. The standard InChI is InChI=1S/C21H16ClN3O2/c1-23-18-9-10-24-21-19(18)16(12-25-21)20(26)15-8-7-14(11-17(15)22)27-13-5-3-2-4-6-13/h2-12H,1H3,(H2,23,24,25). The molecule has 0 spiro atoms. The first-order valence-electron chi connectivity index (χ1n) is 8.38. The number of fused-ring (bicyclic) bond motifs is 1. The Kier molecular flexibility index (Phi) is 4.52. The average Bonchev–Trinajstić information content (AvgIpc) is 3.13. The number of hydrogen-bond donors (Lipinski definition) is 2. The molecule has 0 aliphatic carbocycles. The number of aromatic amines is 1.